The fourth-order valence-electron chi connectivity index (χ4n) is 3.40. The third kappa shape index (κ3) is 3.44. The summed E-state index contributed by atoms with van der Waals surface area (Å²) >= 11 is 1.42. The Balaban J connectivity index is 1.75. The lowest BCUT2D eigenvalue weighted by atomic mass is 10.1. The van der Waals surface area contributed by atoms with E-state index >= 15 is 0 Å². The van der Waals surface area contributed by atoms with Crippen molar-refractivity contribution < 1.29 is 19.5 Å². The zero-order valence-electron chi connectivity index (χ0n) is 13.6. The summed E-state index contributed by atoms with van der Waals surface area (Å²) in [6.45, 7) is 4.32. The predicted octanol–water partition coefficient (Wildman–Crippen LogP) is 0.437. The fraction of sp³-hybridized carbons (Fsp3) is 0.562. The molecule has 0 radical (unpaired) electrons. The highest BCUT2D eigenvalue weighted by Crippen LogP contribution is 2.21. The molecule has 3 heterocycles. The molecule has 7 nitrogen and oxygen atoms in total. The second kappa shape index (κ2) is 6.90. The van der Waals surface area contributed by atoms with Gasteiger partial charge in [-0.3, -0.25) is 19.3 Å². The number of rotatable bonds is 2. The number of carbonyl (C=O) groups excluding carboxylic acids is 2. The van der Waals surface area contributed by atoms with Gasteiger partial charge in [0.15, 0.2) is 0 Å². The Morgan fingerprint density at radius 2 is 1.88 bits per heavy atom. The van der Waals surface area contributed by atoms with E-state index in [-0.39, 0.29) is 24.4 Å². The van der Waals surface area contributed by atoms with Gasteiger partial charge in [-0.05, 0) is 11.4 Å². The minimum absolute atomic E-state index is 0.0121. The number of fused-ring (bicyclic) bond motifs is 1. The summed E-state index contributed by atoms with van der Waals surface area (Å²) in [5, 5.41) is 11.3. The summed E-state index contributed by atoms with van der Waals surface area (Å²) in [4.78, 5) is 42.1. The molecule has 2 aliphatic rings. The zero-order valence-corrected chi connectivity index (χ0v) is 14.4. The quantitative estimate of drug-likeness (QED) is 0.836. The predicted molar refractivity (Wildman–Crippen MR) is 89.0 cm³/mol. The number of amides is 2. The third-order valence-corrected chi connectivity index (χ3v) is 5.60. The second-order valence-corrected chi connectivity index (χ2v) is 7.28. The molecule has 0 spiro atoms. The SMILES string of the molecule is CC(=O)N1C[C@H](C(=O)O)CN2CCN(C(=O)c3cccs3)C[C@H]2C1. The first-order chi connectivity index (χ1) is 11.5. The maximum absolute atomic E-state index is 12.6. The number of carboxylic acids is 1. The molecule has 2 atom stereocenters. The Labute approximate surface area is 144 Å². The largest absolute Gasteiger partial charge is 0.481 e. The van der Waals surface area contributed by atoms with Crippen molar-refractivity contribution in [1.29, 1.82) is 0 Å². The Morgan fingerprint density at radius 3 is 2.50 bits per heavy atom. The molecule has 1 aromatic heterocycles. The summed E-state index contributed by atoms with van der Waals surface area (Å²) in [7, 11) is 0. The molecule has 2 fully saturated rings. The average Bonchev–Trinajstić information content (AvgIpc) is 3.00. The van der Waals surface area contributed by atoms with Crippen molar-refractivity contribution in [3.8, 4) is 0 Å². The molecule has 0 saturated carbocycles. The molecule has 1 N–H and O–H groups in total. The van der Waals surface area contributed by atoms with E-state index < -0.39 is 11.9 Å². The molecular formula is C16H21N3O4S. The molecular weight excluding hydrogens is 330 g/mol. The molecule has 0 unspecified atom stereocenters. The first kappa shape index (κ1) is 16.9. The van der Waals surface area contributed by atoms with Gasteiger partial charge in [-0.25, -0.2) is 0 Å². The van der Waals surface area contributed by atoms with Gasteiger partial charge in [0.05, 0.1) is 10.8 Å². The van der Waals surface area contributed by atoms with Crippen molar-refractivity contribution in [3.63, 3.8) is 0 Å². The number of hydrogen-bond acceptors (Lipinski definition) is 5. The summed E-state index contributed by atoms with van der Waals surface area (Å²) in [5.74, 6) is -1.57. The van der Waals surface area contributed by atoms with E-state index in [9.17, 15) is 19.5 Å². The lowest BCUT2D eigenvalue weighted by Crippen LogP contribution is -2.57. The zero-order chi connectivity index (χ0) is 17.3. The summed E-state index contributed by atoms with van der Waals surface area (Å²) in [5.41, 5.74) is 0. The van der Waals surface area contributed by atoms with Crippen molar-refractivity contribution in [3.05, 3.63) is 22.4 Å². The summed E-state index contributed by atoms with van der Waals surface area (Å²) < 4.78 is 0. The van der Waals surface area contributed by atoms with E-state index in [1.165, 1.54) is 18.3 Å². The normalized spacial score (nSPS) is 25.0. The number of hydrogen-bond donors (Lipinski definition) is 1. The highest BCUT2D eigenvalue weighted by atomic mass is 32.1. The van der Waals surface area contributed by atoms with Crippen LogP contribution in [0.2, 0.25) is 0 Å². The fourth-order valence-corrected chi connectivity index (χ4v) is 4.09. The van der Waals surface area contributed by atoms with Crippen LogP contribution in [-0.2, 0) is 9.59 Å². The van der Waals surface area contributed by atoms with E-state index in [0.29, 0.717) is 37.6 Å². The Kier molecular flexibility index (Phi) is 4.86. The van der Waals surface area contributed by atoms with Crippen molar-refractivity contribution in [2.75, 3.05) is 39.3 Å². The van der Waals surface area contributed by atoms with Crippen LogP contribution in [-0.4, -0.2) is 82.9 Å². The smallest absolute Gasteiger partial charge is 0.309 e. The van der Waals surface area contributed by atoms with Gasteiger partial charge >= 0.3 is 5.97 Å². The van der Waals surface area contributed by atoms with Crippen LogP contribution in [0.1, 0.15) is 16.6 Å². The van der Waals surface area contributed by atoms with Crippen LogP contribution in [0.3, 0.4) is 0 Å². The topological polar surface area (TPSA) is 81.2 Å². The van der Waals surface area contributed by atoms with Crippen LogP contribution < -0.4 is 0 Å². The van der Waals surface area contributed by atoms with Gasteiger partial charge in [0, 0.05) is 52.2 Å². The molecule has 2 saturated heterocycles. The maximum Gasteiger partial charge on any atom is 0.309 e. The lowest BCUT2D eigenvalue weighted by molar-refractivity contribution is -0.143. The van der Waals surface area contributed by atoms with Gasteiger partial charge in [-0.1, -0.05) is 6.07 Å². The number of carbonyl (C=O) groups is 3. The first-order valence-electron chi connectivity index (χ1n) is 8.01. The monoisotopic (exact) mass is 351 g/mol. The van der Waals surface area contributed by atoms with E-state index in [0.717, 1.165) is 0 Å². The molecule has 3 rings (SSSR count). The van der Waals surface area contributed by atoms with Crippen LogP contribution in [0.25, 0.3) is 0 Å². The number of nitrogens with zero attached hydrogens (tertiary/aromatic N) is 3. The van der Waals surface area contributed by atoms with Crippen molar-refractivity contribution in [1.82, 2.24) is 14.7 Å². The number of carboxylic acid groups (broad SMARTS) is 1. The number of piperazine rings is 1. The molecule has 2 amide bonds. The number of aliphatic carboxylic acids is 1. The van der Waals surface area contributed by atoms with Gasteiger partial charge in [0.25, 0.3) is 5.91 Å². The molecule has 0 bridgehead atoms. The molecule has 0 aliphatic carbocycles. The molecule has 1 aromatic rings. The van der Waals surface area contributed by atoms with Gasteiger partial charge < -0.3 is 14.9 Å². The maximum atomic E-state index is 12.6. The minimum atomic E-state index is -0.876. The van der Waals surface area contributed by atoms with E-state index in [2.05, 4.69) is 4.90 Å². The Morgan fingerprint density at radius 1 is 1.12 bits per heavy atom. The lowest BCUT2D eigenvalue weighted by Gasteiger charge is -2.41. The van der Waals surface area contributed by atoms with Crippen LogP contribution >= 0.6 is 11.3 Å². The molecule has 24 heavy (non-hydrogen) atoms. The standard InChI is InChI=1S/C16H21N3O4S/c1-11(20)19-8-12(16(22)23)7-17-4-5-18(9-13(17)10-19)15(21)14-3-2-6-24-14/h2-3,6,12-13H,4-5,7-10H2,1H3,(H,22,23)/t12-,13+/m1/s1. The van der Waals surface area contributed by atoms with Crippen LogP contribution in [0.4, 0.5) is 0 Å². The highest BCUT2D eigenvalue weighted by molar-refractivity contribution is 7.12. The van der Waals surface area contributed by atoms with Crippen molar-refractivity contribution >= 4 is 29.1 Å². The second-order valence-electron chi connectivity index (χ2n) is 6.34. The molecule has 2 aliphatic heterocycles. The minimum Gasteiger partial charge on any atom is -0.481 e. The van der Waals surface area contributed by atoms with E-state index in [4.69, 9.17) is 0 Å². The van der Waals surface area contributed by atoms with Crippen LogP contribution in [0.15, 0.2) is 17.5 Å². The average molecular weight is 351 g/mol. The van der Waals surface area contributed by atoms with E-state index in [1.54, 1.807) is 4.90 Å². The van der Waals surface area contributed by atoms with E-state index in [1.807, 2.05) is 22.4 Å². The molecule has 0 aromatic carbocycles. The Bertz CT molecular complexity index is 633. The van der Waals surface area contributed by atoms with Crippen molar-refractivity contribution in [2.24, 2.45) is 5.92 Å². The van der Waals surface area contributed by atoms with Gasteiger partial charge in [-0.15, -0.1) is 11.3 Å². The van der Waals surface area contributed by atoms with Gasteiger partial charge in [-0.2, -0.15) is 0 Å². The third-order valence-electron chi connectivity index (χ3n) is 4.75. The van der Waals surface area contributed by atoms with Crippen LogP contribution in [0, 0.1) is 5.92 Å². The molecule has 130 valence electrons. The summed E-state index contributed by atoms with van der Waals surface area (Å²) in [6.07, 6.45) is 0. The van der Waals surface area contributed by atoms with Crippen LogP contribution in [0.5, 0.6) is 0 Å². The van der Waals surface area contributed by atoms with Gasteiger partial charge in [0.2, 0.25) is 5.91 Å². The molecule has 8 heteroatoms. The number of thiophene rings is 1. The van der Waals surface area contributed by atoms with Gasteiger partial charge in [0.1, 0.15) is 0 Å². The van der Waals surface area contributed by atoms with Crippen molar-refractivity contribution in [2.45, 2.75) is 13.0 Å². The Hall–Kier alpha value is -1.93. The summed E-state index contributed by atoms with van der Waals surface area (Å²) in [6, 6.07) is 3.65. The first-order valence-corrected chi connectivity index (χ1v) is 8.89. The highest BCUT2D eigenvalue weighted by Gasteiger charge is 2.38.